The molecular formula is C18H25ClN2O4S. The Bertz CT molecular complexity index is 638. The summed E-state index contributed by atoms with van der Waals surface area (Å²) in [5.41, 5.74) is 3.65. The van der Waals surface area contributed by atoms with Gasteiger partial charge in [-0.3, -0.25) is 15.1 Å². The second kappa shape index (κ2) is 9.06. The summed E-state index contributed by atoms with van der Waals surface area (Å²) in [5, 5.41) is 3.53. The van der Waals surface area contributed by atoms with E-state index in [2.05, 4.69) is 10.8 Å². The molecule has 2 aliphatic rings. The molecule has 1 fully saturated rings. The topological polar surface area (TPSA) is 68.8 Å². The van der Waals surface area contributed by atoms with Crippen molar-refractivity contribution in [2.75, 3.05) is 38.1 Å². The van der Waals surface area contributed by atoms with Gasteiger partial charge in [0, 0.05) is 12.0 Å². The zero-order chi connectivity index (χ0) is 18.4. The summed E-state index contributed by atoms with van der Waals surface area (Å²) in [4.78, 5) is 17.5. The molecule has 0 aromatic heterocycles. The smallest absolute Gasteiger partial charge is 0.278 e. The van der Waals surface area contributed by atoms with Gasteiger partial charge in [-0.15, -0.1) is 0 Å². The molecule has 6 nitrogen and oxygen atoms in total. The lowest BCUT2D eigenvalue weighted by molar-refractivity contribution is 0.0487. The summed E-state index contributed by atoms with van der Waals surface area (Å²) in [7, 11) is 0. The van der Waals surface area contributed by atoms with Gasteiger partial charge in [0.05, 0.1) is 11.6 Å². The molecule has 8 heteroatoms. The summed E-state index contributed by atoms with van der Waals surface area (Å²) < 4.78 is 11.3. The van der Waals surface area contributed by atoms with E-state index in [0.717, 1.165) is 25.7 Å². The minimum absolute atomic E-state index is 0.000210. The first-order chi connectivity index (χ1) is 12.6. The number of carbonyl (C=O) groups excluding carboxylic acids is 1. The number of ether oxygens (including phenoxy) is 2. The second-order valence-electron chi connectivity index (χ2n) is 6.75. The van der Waals surface area contributed by atoms with Crippen molar-refractivity contribution in [3.05, 3.63) is 17.2 Å². The van der Waals surface area contributed by atoms with Gasteiger partial charge >= 0.3 is 0 Å². The predicted octanol–water partition coefficient (Wildman–Crippen LogP) is 4.48. The molecule has 0 unspecified atom stereocenters. The van der Waals surface area contributed by atoms with Crippen molar-refractivity contribution in [1.29, 1.82) is 0 Å². The largest absolute Gasteiger partial charge is 0.484 e. The lowest BCUT2D eigenvalue weighted by atomic mass is 9.74. The Morgan fingerprint density at radius 1 is 1.23 bits per heavy atom. The van der Waals surface area contributed by atoms with Crippen molar-refractivity contribution in [1.82, 2.24) is 5.32 Å². The molecule has 0 atom stereocenters. The first-order valence-electron chi connectivity index (χ1n) is 8.91. The highest BCUT2D eigenvalue weighted by molar-refractivity contribution is 8.12. The van der Waals surface area contributed by atoms with Crippen molar-refractivity contribution >= 4 is 34.3 Å². The van der Waals surface area contributed by atoms with Crippen LogP contribution in [0.15, 0.2) is 12.1 Å². The fourth-order valence-corrected chi connectivity index (χ4v) is 3.88. The summed E-state index contributed by atoms with van der Waals surface area (Å²) in [6, 6.07) is 3.58. The fourth-order valence-electron chi connectivity index (χ4n) is 3.46. The van der Waals surface area contributed by atoms with Crippen LogP contribution in [0.5, 0.6) is 11.5 Å². The Hall–Kier alpha value is -1.31. The van der Waals surface area contributed by atoms with Gasteiger partial charge in [0.1, 0.15) is 18.9 Å². The molecule has 1 aliphatic heterocycles. The van der Waals surface area contributed by atoms with Crippen LogP contribution in [-0.4, -0.2) is 37.9 Å². The van der Waals surface area contributed by atoms with Crippen LogP contribution in [0.25, 0.3) is 0 Å². The fraction of sp³-hybridized carbons (Fsp3) is 0.611. The van der Waals surface area contributed by atoms with E-state index in [4.69, 9.17) is 25.9 Å². The van der Waals surface area contributed by atoms with Crippen LogP contribution >= 0.6 is 23.4 Å². The zero-order valence-corrected chi connectivity index (χ0v) is 16.5. The number of anilines is 1. The van der Waals surface area contributed by atoms with Crippen molar-refractivity contribution in [2.24, 2.45) is 5.41 Å². The molecule has 1 heterocycles. The Kier molecular flexibility index (Phi) is 6.78. The third-order valence-corrected chi connectivity index (χ3v) is 5.72. The molecule has 1 aliphatic carbocycles. The standard InChI is InChI=1S/C18H25ClN2O4S/c1-26-17(22)20-11-18(7-3-2-4-8-18)12-25-21-14-6-5-13(19)15-16(14)24-10-9-23-15/h5-6,21H,2-4,7-12H2,1H3,(H,20,22). The van der Waals surface area contributed by atoms with Gasteiger partial charge in [-0.25, -0.2) is 0 Å². The maximum atomic E-state index is 11.6. The van der Waals surface area contributed by atoms with Crippen LogP contribution in [0.3, 0.4) is 0 Å². The Labute approximate surface area is 163 Å². The van der Waals surface area contributed by atoms with Gasteiger partial charge in [0.15, 0.2) is 11.5 Å². The van der Waals surface area contributed by atoms with Gasteiger partial charge in [0.25, 0.3) is 5.24 Å². The second-order valence-corrected chi connectivity index (χ2v) is 7.93. The van der Waals surface area contributed by atoms with E-state index in [9.17, 15) is 4.79 Å². The number of hydrogen-bond acceptors (Lipinski definition) is 6. The molecule has 3 rings (SSSR count). The first-order valence-corrected chi connectivity index (χ1v) is 10.5. The molecule has 1 aromatic rings. The quantitative estimate of drug-likeness (QED) is 0.686. The van der Waals surface area contributed by atoms with E-state index in [1.807, 2.05) is 6.07 Å². The molecule has 144 valence electrons. The Balaban J connectivity index is 1.62. The average molecular weight is 401 g/mol. The van der Waals surface area contributed by atoms with Crippen LogP contribution in [0, 0.1) is 5.41 Å². The molecular weight excluding hydrogens is 376 g/mol. The van der Waals surface area contributed by atoms with Gasteiger partial charge < -0.3 is 14.8 Å². The maximum Gasteiger partial charge on any atom is 0.278 e. The monoisotopic (exact) mass is 400 g/mol. The minimum Gasteiger partial charge on any atom is -0.484 e. The van der Waals surface area contributed by atoms with E-state index >= 15 is 0 Å². The summed E-state index contributed by atoms with van der Waals surface area (Å²) in [6.45, 7) is 2.11. The van der Waals surface area contributed by atoms with Crippen LogP contribution in [0.2, 0.25) is 5.02 Å². The van der Waals surface area contributed by atoms with E-state index in [1.54, 1.807) is 12.3 Å². The Morgan fingerprint density at radius 3 is 2.69 bits per heavy atom. The third kappa shape index (κ3) is 4.69. The molecule has 0 bridgehead atoms. The van der Waals surface area contributed by atoms with Crippen molar-refractivity contribution < 1.29 is 19.1 Å². The summed E-state index contributed by atoms with van der Waals surface area (Å²) >= 11 is 7.36. The molecule has 1 aromatic carbocycles. The van der Waals surface area contributed by atoms with Gasteiger partial charge in [-0.1, -0.05) is 42.6 Å². The lowest BCUT2D eigenvalue weighted by Crippen LogP contribution is -2.41. The molecule has 2 N–H and O–H groups in total. The van der Waals surface area contributed by atoms with Crippen molar-refractivity contribution in [2.45, 2.75) is 32.1 Å². The maximum absolute atomic E-state index is 11.6. The highest BCUT2D eigenvalue weighted by Gasteiger charge is 2.33. The van der Waals surface area contributed by atoms with Gasteiger partial charge in [-0.2, -0.15) is 0 Å². The summed E-state index contributed by atoms with van der Waals surface area (Å²) in [6.07, 6.45) is 7.43. The highest BCUT2D eigenvalue weighted by Crippen LogP contribution is 2.43. The van der Waals surface area contributed by atoms with E-state index < -0.39 is 0 Å². The average Bonchev–Trinajstić information content (AvgIpc) is 2.69. The van der Waals surface area contributed by atoms with E-state index in [0.29, 0.717) is 48.6 Å². The van der Waals surface area contributed by atoms with Crippen LogP contribution in [-0.2, 0) is 4.84 Å². The van der Waals surface area contributed by atoms with Crippen molar-refractivity contribution in [3.63, 3.8) is 0 Å². The first kappa shape index (κ1) is 19.5. The molecule has 26 heavy (non-hydrogen) atoms. The number of halogens is 1. The Morgan fingerprint density at radius 2 is 1.96 bits per heavy atom. The van der Waals surface area contributed by atoms with Gasteiger partial charge in [-0.05, 0) is 31.2 Å². The number of carbonyl (C=O) groups is 1. The van der Waals surface area contributed by atoms with E-state index in [-0.39, 0.29) is 10.7 Å². The predicted molar refractivity (Wildman–Crippen MR) is 104 cm³/mol. The number of nitrogens with one attached hydrogen (secondary N) is 2. The number of thioether (sulfide) groups is 1. The lowest BCUT2D eigenvalue weighted by Gasteiger charge is -2.37. The van der Waals surface area contributed by atoms with Crippen molar-refractivity contribution in [3.8, 4) is 11.5 Å². The van der Waals surface area contributed by atoms with Crippen LogP contribution < -0.4 is 20.3 Å². The number of benzene rings is 1. The number of fused-ring (bicyclic) bond motifs is 1. The normalized spacial score (nSPS) is 18.2. The van der Waals surface area contributed by atoms with Gasteiger partial charge in [0.2, 0.25) is 0 Å². The minimum atomic E-state index is -0.0412. The highest BCUT2D eigenvalue weighted by atomic mass is 35.5. The summed E-state index contributed by atoms with van der Waals surface area (Å²) in [5.74, 6) is 1.13. The molecule has 1 amide bonds. The van der Waals surface area contributed by atoms with E-state index in [1.165, 1.54) is 18.2 Å². The molecule has 0 spiro atoms. The number of hydrogen-bond donors (Lipinski definition) is 2. The number of rotatable bonds is 6. The SMILES string of the molecule is CSC(=O)NCC1(CONc2ccc(Cl)c3c2OCCO3)CCCCC1. The molecule has 0 radical (unpaired) electrons. The number of amides is 1. The zero-order valence-electron chi connectivity index (χ0n) is 14.9. The molecule has 1 saturated carbocycles. The molecule has 0 saturated heterocycles. The third-order valence-electron chi connectivity index (χ3n) is 4.91. The van der Waals surface area contributed by atoms with Crippen LogP contribution in [0.1, 0.15) is 32.1 Å². The van der Waals surface area contributed by atoms with Crippen LogP contribution in [0.4, 0.5) is 10.5 Å².